The molecule has 3 nitrogen and oxygen atoms in total. The van der Waals surface area contributed by atoms with Crippen LogP contribution in [0.1, 0.15) is 32.6 Å². The van der Waals surface area contributed by atoms with Crippen molar-refractivity contribution in [1.29, 1.82) is 0 Å². The van der Waals surface area contributed by atoms with Crippen molar-refractivity contribution >= 4 is 0 Å². The molecular weight excluding hydrogens is 150 g/mol. The van der Waals surface area contributed by atoms with Gasteiger partial charge in [0.15, 0.2) is 0 Å². The summed E-state index contributed by atoms with van der Waals surface area (Å²) in [5, 5.41) is 0. The third-order valence-electron chi connectivity index (χ3n) is 2.78. The van der Waals surface area contributed by atoms with Gasteiger partial charge >= 0.3 is 0 Å². The molecule has 0 radical (unpaired) electrons. The van der Waals surface area contributed by atoms with Crippen LogP contribution in [0, 0.1) is 5.41 Å². The molecule has 12 heavy (non-hydrogen) atoms. The molecule has 3 heteroatoms. The minimum absolute atomic E-state index is 0.176. The predicted molar refractivity (Wildman–Crippen MR) is 53.7 cm³/mol. The Morgan fingerprint density at radius 2 is 1.58 bits per heavy atom. The standard InChI is InChI=1S/C9H23N3/c1-2-9(7-11,8-12)5-3-4-6-10/h2-8,10-12H2,1H3. The SMILES string of the molecule is CCC(CN)(CN)CCCCN. The van der Waals surface area contributed by atoms with E-state index in [-0.39, 0.29) is 5.41 Å². The summed E-state index contributed by atoms with van der Waals surface area (Å²) in [5.41, 5.74) is 17.0. The summed E-state index contributed by atoms with van der Waals surface area (Å²) in [6.07, 6.45) is 4.43. The first kappa shape index (κ1) is 11.9. The van der Waals surface area contributed by atoms with Crippen LogP contribution in [0.15, 0.2) is 0 Å². The van der Waals surface area contributed by atoms with E-state index in [0.29, 0.717) is 13.1 Å². The van der Waals surface area contributed by atoms with Crippen molar-refractivity contribution in [1.82, 2.24) is 0 Å². The lowest BCUT2D eigenvalue weighted by atomic mass is 9.80. The summed E-state index contributed by atoms with van der Waals surface area (Å²) in [6, 6.07) is 0. The zero-order valence-electron chi connectivity index (χ0n) is 8.18. The number of hydrogen-bond acceptors (Lipinski definition) is 3. The van der Waals surface area contributed by atoms with E-state index in [9.17, 15) is 0 Å². The zero-order valence-corrected chi connectivity index (χ0v) is 8.18. The lowest BCUT2D eigenvalue weighted by Crippen LogP contribution is -2.37. The summed E-state index contributed by atoms with van der Waals surface area (Å²) in [7, 11) is 0. The van der Waals surface area contributed by atoms with Gasteiger partial charge in [-0.3, -0.25) is 0 Å². The first-order valence-electron chi connectivity index (χ1n) is 4.85. The minimum Gasteiger partial charge on any atom is -0.330 e. The Labute approximate surface area is 75.7 Å². The number of nitrogens with two attached hydrogens (primary N) is 3. The van der Waals surface area contributed by atoms with E-state index in [1.165, 1.54) is 0 Å². The van der Waals surface area contributed by atoms with E-state index in [1.54, 1.807) is 0 Å². The largest absolute Gasteiger partial charge is 0.330 e. The van der Waals surface area contributed by atoms with Crippen LogP contribution in [-0.4, -0.2) is 19.6 Å². The van der Waals surface area contributed by atoms with Gasteiger partial charge in [0.1, 0.15) is 0 Å². The Balaban J connectivity index is 3.76. The number of rotatable bonds is 7. The van der Waals surface area contributed by atoms with Gasteiger partial charge in [0.05, 0.1) is 0 Å². The maximum absolute atomic E-state index is 5.70. The van der Waals surface area contributed by atoms with Crippen LogP contribution in [0.4, 0.5) is 0 Å². The maximum Gasteiger partial charge on any atom is -0.000854 e. The average molecular weight is 173 g/mol. The van der Waals surface area contributed by atoms with E-state index >= 15 is 0 Å². The van der Waals surface area contributed by atoms with Crippen molar-refractivity contribution in [3.8, 4) is 0 Å². The Morgan fingerprint density at radius 1 is 1.00 bits per heavy atom. The van der Waals surface area contributed by atoms with Gasteiger partial charge in [-0.05, 0) is 44.3 Å². The smallest absolute Gasteiger partial charge is 0.000854 e. The van der Waals surface area contributed by atoms with Crippen molar-refractivity contribution in [2.75, 3.05) is 19.6 Å². The number of hydrogen-bond donors (Lipinski definition) is 3. The Morgan fingerprint density at radius 3 is 1.92 bits per heavy atom. The molecule has 0 aliphatic rings. The van der Waals surface area contributed by atoms with Crippen molar-refractivity contribution in [3.05, 3.63) is 0 Å². The van der Waals surface area contributed by atoms with E-state index in [4.69, 9.17) is 17.2 Å². The third kappa shape index (κ3) is 3.52. The molecule has 0 unspecified atom stereocenters. The lowest BCUT2D eigenvalue weighted by molar-refractivity contribution is 0.263. The third-order valence-corrected chi connectivity index (χ3v) is 2.78. The van der Waals surface area contributed by atoms with Crippen LogP contribution < -0.4 is 17.2 Å². The molecule has 0 saturated carbocycles. The molecule has 0 rings (SSSR count). The van der Waals surface area contributed by atoms with E-state index in [0.717, 1.165) is 32.2 Å². The van der Waals surface area contributed by atoms with Gasteiger partial charge in [0, 0.05) is 0 Å². The van der Waals surface area contributed by atoms with Crippen LogP contribution in [-0.2, 0) is 0 Å². The van der Waals surface area contributed by atoms with Crippen LogP contribution in [0.3, 0.4) is 0 Å². The molecule has 0 bridgehead atoms. The minimum atomic E-state index is 0.176. The first-order chi connectivity index (χ1) is 5.74. The summed E-state index contributed by atoms with van der Waals surface area (Å²) in [5.74, 6) is 0. The zero-order chi connectivity index (χ0) is 9.45. The topological polar surface area (TPSA) is 78.1 Å². The molecule has 0 saturated heterocycles. The summed E-state index contributed by atoms with van der Waals surface area (Å²) >= 11 is 0. The van der Waals surface area contributed by atoms with Gasteiger partial charge in [-0.25, -0.2) is 0 Å². The van der Waals surface area contributed by atoms with Crippen molar-refractivity contribution < 1.29 is 0 Å². The molecular formula is C9H23N3. The molecule has 0 amide bonds. The van der Waals surface area contributed by atoms with E-state index < -0.39 is 0 Å². The molecule has 0 aliphatic carbocycles. The second kappa shape index (κ2) is 6.40. The van der Waals surface area contributed by atoms with Crippen LogP contribution in [0.25, 0.3) is 0 Å². The van der Waals surface area contributed by atoms with Crippen LogP contribution in [0.5, 0.6) is 0 Å². The first-order valence-corrected chi connectivity index (χ1v) is 4.85. The summed E-state index contributed by atoms with van der Waals surface area (Å²) in [4.78, 5) is 0. The quantitative estimate of drug-likeness (QED) is 0.488. The van der Waals surface area contributed by atoms with E-state index in [2.05, 4.69) is 6.92 Å². The molecule has 0 fully saturated rings. The average Bonchev–Trinajstić information content (AvgIpc) is 2.14. The van der Waals surface area contributed by atoms with Gasteiger partial charge in [0.25, 0.3) is 0 Å². The molecule has 0 aromatic rings. The molecule has 0 aromatic heterocycles. The molecule has 74 valence electrons. The highest BCUT2D eigenvalue weighted by atomic mass is 14.7. The van der Waals surface area contributed by atoms with Gasteiger partial charge < -0.3 is 17.2 Å². The lowest BCUT2D eigenvalue weighted by Gasteiger charge is -2.29. The van der Waals surface area contributed by atoms with Crippen LogP contribution in [0.2, 0.25) is 0 Å². The molecule has 0 heterocycles. The predicted octanol–water partition coefficient (Wildman–Crippen LogP) is 0.429. The fourth-order valence-corrected chi connectivity index (χ4v) is 1.40. The second-order valence-corrected chi connectivity index (χ2v) is 3.51. The highest BCUT2D eigenvalue weighted by molar-refractivity contribution is 4.79. The monoisotopic (exact) mass is 173 g/mol. The van der Waals surface area contributed by atoms with Crippen LogP contribution >= 0.6 is 0 Å². The van der Waals surface area contributed by atoms with Gasteiger partial charge in [-0.2, -0.15) is 0 Å². The van der Waals surface area contributed by atoms with Gasteiger partial charge in [0.2, 0.25) is 0 Å². The fourth-order valence-electron chi connectivity index (χ4n) is 1.40. The summed E-state index contributed by atoms with van der Waals surface area (Å²) in [6.45, 7) is 4.33. The molecule has 0 spiro atoms. The van der Waals surface area contributed by atoms with Crippen molar-refractivity contribution in [2.45, 2.75) is 32.6 Å². The summed E-state index contributed by atoms with van der Waals surface area (Å²) < 4.78 is 0. The molecule has 6 N–H and O–H groups in total. The van der Waals surface area contributed by atoms with Crippen molar-refractivity contribution in [3.63, 3.8) is 0 Å². The molecule has 0 aromatic carbocycles. The highest BCUT2D eigenvalue weighted by Crippen LogP contribution is 2.25. The normalized spacial score (nSPS) is 12.0. The Kier molecular flexibility index (Phi) is 6.34. The molecule has 0 atom stereocenters. The Bertz CT molecular complexity index is 91.7. The molecule has 0 aliphatic heterocycles. The number of unbranched alkanes of at least 4 members (excludes halogenated alkanes) is 1. The maximum atomic E-state index is 5.70. The Hall–Kier alpha value is -0.120. The second-order valence-electron chi connectivity index (χ2n) is 3.51. The van der Waals surface area contributed by atoms with E-state index in [1.807, 2.05) is 0 Å². The van der Waals surface area contributed by atoms with Gasteiger partial charge in [-0.1, -0.05) is 13.3 Å². The highest BCUT2D eigenvalue weighted by Gasteiger charge is 2.23. The van der Waals surface area contributed by atoms with Crippen molar-refractivity contribution in [2.24, 2.45) is 22.6 Å². The van der Waals surface area contributed by atoms with Gasteiger partial charge in [-0.15, -0.1) is 0 Å². The fraction of sp³-hybridized carbons (Fsp3) is 1.00.